The lowest BCUT2D eigenvalue weighted by molar-refractivity contribution is -0.213. The molecule has 0 heterocycles. The molecule has 2 unspecified atom stereocenters. The van der Waals surface area contributed by atoms with Gasteiger partial charge in [-0.2, -0.15) is 18.2 Å². The smallest absolute Gasteiger partial charge is 0.211 e. The molecular weight excluding hydrogens is 273 g/mol. The van der Waals surface area contributed by atoms with Crippen molar-refractivity contribution in [2.75, 3.05) is 6.54 Å². The molecule has 0 spiro atoms. The second-order valence-corrected chi connectivity index (χ2v) is 6.65. The number of halogens is 3. The summed E-state index contributed by atoms with van der Waals surface area (Å²) in [6.45, 7) is 4.94. The van der Waals surface area contributed by atoms with E-state index in [0.717, 1.165) is 6.08 Å². The zero-order valence-electron chi connectivity index (χ0n) is 11.7. The maximum atomic E-state index is 13.4. The predicted octanol–water partition coefficient (Wildman–Crippen LogP) is 3.18. The van der Waals surface area contributed by atoms with Crippen LogP contribution in [-0.2, 0) is 9.59 Å². The van der Waals surface area contributed by atoms with Gasteiger partial charge in [0.1, 0.15) is 0 Å². The van der Waals surface area contributed by atoms with Gasteiger partial charge in [-0.1, -0.05) is 20.8 Å². The zero-order valence-corrected chi connectivity index (χ0v) is 11.7. The molecule has 1 aliphatic rings. The molecule has 7 heteroatoms. The van der Waals surface area contributed by atoms with E-state index in [0.29, 0.717) is 6.42 Å². The van der Waals surface area contributed by atoms with E-state index >= 15 is 0 Å². The van der Waals surface area contributed by atoms with E-state index in [9.17, 15) is 22.8 Å². The maximum absolute atomic E-state index is 13.4. The SMILES string of the molecule is CC1(C)CC(C)(CN=C=O)CC(N=C=O)(C(F)(F)F)C1. The van der Waals surface area contributed by atoms with E-state index in [1.807, 2.05) is 0 Å². The molecule has 0 saturated heterocycles. The van der Waals surface area contributed by atoms with Gasteiger partial charge in [0.05, 0.1) is 6.54 Å². The van der Waals surface area contributed by atoms with Crippen LogP contribution in [0.2, 0.25) is 0 Å². The monoisotopic (exact) mass is 290 g/mol. The topological polar surface area (TPSA) is 58.9 Å². The summed E-state index contributed by atoms with van der Waals surface area (Å²) in [6, 6.07) is 0. The number of isocyanates is 2. The van der Waals surface area contributed by atoms with Crippen molar-refractivity contribution in [1.29, 1.82) is 0 Å². The Morgan fingerprint density at radius 3 is 2.10 bits per heavy atom. The molecule has 0 radical (unpaired) electrons. The summed E-state index contributed by atoms with van der Waals surface area (Å²) in [6.07, 6.45) is -2.43. The van der Waals surface area contributed by atoms with Crippen LogP contribution < -0.4 is 0 Å². The molecule has 0 aromatic heterocycles. The lowest BCUT2D eigenvalue weighted by Crippen LogP contribution is -2.55. The summed E-state index contributed by atoms with van der Waals surface area (Å²) in [7, 11) is 0. The summed E-state index contributed by atoms with van der Waals surface area (Å²) in [5, 5.41) is 0. The van der Waals surface area contributed by atoms with Gasteiger partial charge in [-0.25, -0.2) is 14.6 Å². The van der Waals surface area contributed by atoms with Gasteiger partial charge in [0.25, 0.3) is 0 Å². The van der Waals surface area contributed by atoms with Crippen molar-refractivity contribution < 1.29 is 22.8 Å². The fourth-order valence-electron chi connectivity index (χ4n) is 3.61. The van der Waals surface area contributed by atoms with Gasteiger partial charge >= 0.3 is 6.18 Å². The number of rotatable bonds is 3. The van der Waals surface area contributed by atoms with Crippen molar-refractivity contribution >= 4 is 12.2 Å². The van der Waals surface area contributed by atoms with Crippen LogP contribution in [0.1, 0.15) is 40.0 Å². The van der Waals surface area contributed by atoms with Crippen LogP contribution >= 0.6 is 0 Å². The summed E-state index contributed by atoms with van der Waals surface area (Å²) in [5.41, 5.74) is -4.00. The molecular formula is C13H17F3N2O2. The third-order valence-electron chi connectivity index (χ3n) is 3.71. The Kier molecular flexibility index (Phi) is 4.28. The standard InChI is InChI=1S/C13H17F3N2O2/c1-10(2)4-11(3,7-17-8-19)6-12(5-10,18-9-20)13(14,15)16/h4-7H2,1-3H3. The molecule has 0 aromatic rings. The van der Waals surface area contributed by atoms with E-state index in [2.05, 4.69) is 9.98 Å². The summed E-state index contributed by atoms with van der Waals surface area (Å²) in [5.74, 6) is 0. The van der Waals surface area contributed by atoms with Crippen LogP contribution in [0.4, 0.5) is 13.2 Å². The highest BCUT2D eigenvalue weighted by atomic mass is 19.4. The predicted molar refractivity (Wildman–Crippen MR) is 65.6 cm³/mol. The fraction of sp³-hybridized carbons (Fsp3) is 0.846. The largest absolute Gasteiger partial charge is 0.414 e. The Hall–Kier alpha value is -1.45. The van der Waals surface area contributed by atoms with Gasteiger partial charge in [0, 0.05) is 0 Å². The van der Waals surface area contributed by atoms with Crippen molar-refractivity contribution in [3.8, 4) is 0 Å². The fourth-order valence-corrected chi connectivity index (χ4v) is 3.61. The van der Waals surface area contributed by atoms with Gasteiger partial charge < -0.3 is 0 Å². The van der Waals surface area contributed by atoms with E-state index < -0.39 is 22.5 Å². The van der Waals surface area contributed by atoms with Crippen LogP contribution in [0.15, 0.2) is 9.98 Å². The molecule has 2 atom stereocenters. The van der Waals surface area contributed by atoms with Gasteiger partial charge in [0.15, 0.2) is 5.54 Å². The molecule has 1 saturated carbocycles. The Balaban J connectivity index is 3.32. The molecule has 1 fully saturated rings. The molecule has 4 nitrogen and oxygen atoms in total. The lowest BCUT2D eigenvalue weighted by Gasteiger charge is -2.50. The first-order valence-corrected chi connectivity index (χ1v) is 6.19. The van der Waals surface area contributed by atoms with Gasteiger partial charge in [-0.05, 0) is 30.1 Å². The highest BCUT2D eigenvalue weighted by molar-refractivity contribution is 5.36. The Bertz CT molecular complexity index is 476. The van der Waals surface area contributed by atoms with Crippen LogP contribution in [-0.4, -0.2) is 30.4 Å². The van der Waals surface area contributed by atoms with Gasteiger partial charge in [-0.3, -0.25) is 0 Å². The van der Waals surface area contributed by atoms with Crippen molar-refractivity contribution in [3.63, 3.8) is 0 Å². The van der Waals surface area contributed by atoms with Crippen molar-refractivity contribution in [1.82, 2.24) is 0 Å². The zero-order chi connectivity index (χ0) is 15.7. The van der Waals surface area contributed by atoms with Crippen molar-refractivity contribution in [3.05, 3.63) is 0 Å². The van der Waals surface area contributed by atoms with E-state index in [1.165, 1.54) is 6.08 Å². The van der Waals surface area contributed by atoms with E-state index in [-0.39, 0.29) is 19.4 Å². The van der Waals surface area contributed by atoms with Crippen LogP contribution in [0.3, 0.4) is 0 Å². The molecule has 0 aliphatic heterocycles. The summed E-state index contributed by atoms with van der Waals surface area (Å²) in [4.78, 5) is 27.3. The van der Waals surface area contributed by atoms with Gasteiger partial charge in [0.2, 0.25) is 12.2 Å². The molecule has 0 amide bonds. The Labute approximate surface area is 115 Å². The average Bonchev–Trinajstić information content (AvgIpc) is 2.22. The number of aliphatic imine (C=N–C) groups is 2. The van der Waals surface area contributed by atoms with Crippen molar-refractivity contribution in [2.45, 2.75) is 51.7 Å². The Morgan fingerprint density at radius 1 is 1.05 bits per heavy atom. The Morgan fingerprint density at radius 2 is 1.65 bits per heavy atom. The molecule has 0 aromatic carbocycles. The van der Waals surface area contributed by atoms with Crippen LogP contribution in [0.25, 0.3) is 0 Å². The molecule has 1 aliphatic carbocycles. The normalized spacial score (nSPS) is 32.9. The quantitative estimate of drug-likeness (QED) is 0.592. The van der Waals surface area contributed by atoms with E-state index in [4.69, 9.17) is 0 Å². The van der Waals surface area contributed by atoms with Crippen LogP contribution in [0, 0.1) is 10.8 Å². The average molecular weight is 290 g/mol. The first kappa shape index (κ1) is 16.6. The number of hydrogen-bond donors (Lipinski definition) is 0. The minimum Gasteiger partial charge on any atom is -0.211 e. The third kappa shape index (κ3) is 3.35. The second-order valence-electron chi connectivity index (χ2n) is 6.65. The second kappa shape index (κ2) is 5.15. The van der Waals surface area contributed by atoms with Crippen molar-refractivity contribution in [2.24, 2.45) is 20.8 Å². The molecule has 112 valence electrons. The van der Waals surface area contributed by atoms with Crippen LogP contribution in [0.5, 0.6) is 0 Å². The molecule has 20 heavy (non-hydrogen) atoms. The first-order chi connectivity index (χ1) is 8.99. The third-order valence-corrected chi connectivity index (χ3v) is 3.71. The highest BCUT2D eigenvalue weighted by Gasteiger charge is 2.63. The molecule has 0 N–H and O–H groups in total. The maximum Gasteiger partial charge on any atom is 0.414 e. The van der Waals surface area contributed by atoms with Gasteiger partial charge in [-0.15, -0.1) is 0 Å². The van der Waals surface area contributed by atoms with E-state index in [1.54, 1.807) is 20.8 Å². The lowest BCUT2D eigenvalue weighted by atomic mass is 9.57. The molecule has 1 rings (SSSR count). The summed E-state index contributed by atoms with van der Waals surface area (Å²) < 4.78 is 40.2. The number of alkyl halides is 3. The number of hydrogen-bond acceptors (Lipinski definition) is 4. The first-order valence-electron chi connectivity index (χ1n) is 6.19. The molecule has 0 bridgehead atoms. The highest BCUT2D eigenvalue weighted by Crippen LogP contribution is 2.56. The number of carbonyl (C=O) groups excluding carboxylic acids is 2. The minimum atomic E-state index is -4.64. The summed E-state index contributed by atoms with van der Waals surface area (Å²) >= 11 is 0. The number of nitrogens with zero attached hydrogens (tertiary/aromatic N) is 2. The minimum absolute atomic E-state index is 0.0634.